The predicted octanol–water partition coefficient (Wildman–Crippen LogP) is 1.48. The Morgan fingerprint density at radius 1 is 1.47 bits per heavy atom. The first-order valence-corrected chi connectivity index (χ1v) is 6.35. The molecule has 0 radical (unpaired) electrons. The van der Waals surface area contributed by atoms with E-state index in [1.807, 2.05) is 7.05 Å². The monoisotopic (exact) mass is 237 g/mol. The van der Waals surface area contributed by atoms with Gasteiger partial charge in [-0.25, -0.2) is 0 Å². The molecule has 0 aliphatic heterocycles. The van der Waals surface area contributed by atoms with Gasteiger partial charge in [-0.1, -0.05) is 0 Å². The summed E-state index contributed by atoms with van der Waals surface area (Å²) in [7, 11) is 1.94. The molecule has 2 rings (SSSR count). The molecule has 2 N–H and O–H groups in total. The van der Waals surface area contributed by atoms with Crippen molar-refractivity contribution in [3.8, 4) is 0 Å². The second kappa shape index (κ2) is 4.42. The van der Waals surface area contributed by atoms with E-state index in [2.05, 4.69) is 35.9 Å². The molecule has 0 saturated heterocycles. The molecule has 1 aliphatic rings. The molecule has 0 spiro atoms. The van der Waals surface area contributed by atoms with E-state index < -0.39 is 0 Å². The van der Waals surface area contributed by atoms with Gasteiger partial charge in [0.25, 0.3) is 0 Å². The summed E-state index contributed by atoms with van der Waals surface area (Å²) in [6, 6.07) is 0.419. The minimum atomic E-state index is -0.106. The van der Waals surface area contributed by atoms with Gasteiger partial charge in [0.05, 0.1) is 18.3 Å². The van der Waals surface area contributed by atoms with Crippen molar-refractivity contribution in [2.45, 2.75) is 51.6 Å². The van der Waals surface area contributed by atoms with Gasteiger partial charge in [-0.3, -0.25) is 4.68 Å². The Kier molecular flexibility index (Phi) is 3.27. The highest BCUT2D eigenvalue weighted by Crippen LogP contribution is 2.38. The highest BCUT2D eigenvalue weighted by Gasteiger charge is 2.39. The van der Waals surface area contributed by atoms with Crippen LogP contribution in [0.4, 0.5) is 0 Å². The molecule has 1 aliphatic carbocycles. The minimum Gasteiger partial charge on any atom is -0.394 e. The quantitative estimate of drug-likeness (QED) is 0.837. The summed E-state index contributed by atoms with van der Waals surface area (Å²) in [6.07, 6.45) is 3.06. The summed E-state index contributed by atoms with van der Waals surface area (Å²) in [5.41, 5.74) is 3.56. The number of aryl methyl sites for hydroxylation is 1. The Morgan fingerprint density at radius 2 is 2.18 bits per heavy atom. The number of aliphatic hydroxyl groups is 1. The normalized spacial score (nSPS) is 28.9. The largest absolute Gasteiger partial charge is 0.394 e. The second-order valence-corrected chi connectivity index (χ2v) is 5.33. The summed E-state index contributed by atoms with van der Waals surface area (Å²) in [6.45, 7) is 6.53. The lowest BCUT2D eigenvalue weighted by Gasteiger charge is -2.26. The Morgan fingerprint density at radius 3 is 2.59 bits per heavy atom. The molecule has 2 unspecified atom stereocenters. The van der Waals surface area contributed by atoms with Crippen molar-refractivity contribution >= 4 is 0 Å². The molecule has 4 nitrogen and oxygen atoms in total. The summed E-state index contributed by atoms with van der Waals surface area (Å²) >= 11 is 0. The van der Waals surface area contributed by atoms with E-state index in [4.69, 9.17) is 0 Å². The summed E-state index contributed by atoms with van der Waals surface area (Å²) in [4.78, 5) is 0. The smallest absolute Gasteiger partial charge is 0.0625 e. The maximum atomic E-state index is 9.52. The lowest BCUT2D eigenvalue weighted by atomic mass is 9.99. The van der Waals surface area contributed by atoms with Crippen LogP contribution in [0.1, 0.15) is 42.3 Å². The average molecular weight is 237 g/mol. The van der Waals surface area contributed by atoms with Gasteiger partial charge in [0.2, 0.25) is 0 Å². The second-order valence-electron chi connectivity index (χ2n) is 5.33. The SMILES string of the molecule is CNC1(CO)CCC(n2nc(C)c(C)c2C)C1. The Balaban J connectivity index is 2.23. The van der Waals surface area contributed by atoms with Crippen LogP contribution >= 0.6 is 0 Å². The summed E-state index contributed by atoms with van der Waals surface area (Å²) in [5, 5.41) is 17.4. The molecule has 2 atom stereocenters. The van der Waals surface area contributed by atoms with Crippen molar-refractivity contribution in [1.29, 1.82) is 0 Å². The summed E-state index contributed by atoms with van der Waals surface area (Å²) < 4.78 is 2.15. The maximum Gasteiger partial charge on any atom is 0.0625 e. The number of nitrogens with zero attached hydrogens (tertiary/aromatic N) is 2. The average Bonchev–Trinajstić information content (AvgIpc) is 2.87. The van der Waals surface area contributed by atoms with Crippen LogP contribution in [0.15, 0.2) is 0 Å². The van der Waals surface area contributed by atoms with Crippen LogP contribution in [0.5, 0.6) is 0 Å². The number of aliphatic hydroxyl groups excluding tert-OH is 1. The number of hydrogen-bond donors (Lipinski definition) is 2. The molecule has 4 heteroatoms. The fourth-order valence-electron chi connectivity index (χ4n) is 2.86. The highest BCUT2D eigenvalue weighted by atomic mass is 16.3. The van der Waals surface area contributed by atoms with Crippen molar-refractivity contribution in [2.24, 2.45) is 0 Å². The van der Waals surface area contributed by atoms with E-state index in [0.29, 0.717) is 6.04 Å². The van der Waals surface area contributed by atoms with Gasteiger partial charge in [-0.15, -0.1) is 0 Å². The van der Waals surface area contributed by atoms with Gasteiger partial charge in [0, 0.05) is 11.2 Å². The van der Waals surface area contributed by atoms with Crippen molar-refractivity contribution in [2.75, 3.05) is 13.7 Å². The number of aromatic nitrogens is 2. The standard InChI is InChI=1S/C13H23N3O/c1-9-10(2)15-16(11(9)3)12-5-6-13(7-12,8-17)14-4/h12,14,17H,5-8H2,1-4H3. The van der Waals surface area contributed by atoms with Crippen LogP contribution in [-0.4, -0.2) is 34.1 Å². The molecule has 1 aromatic heterocycles. The van der Waals surface area contributed by atoms with Gasteiger partial charge in [0.15, 0.2) is 0 Å². The van der Waals surface area contributed by atoms with E-state index in [-0.39, 0.29) is 12.1 Å². The molecule has 1 aromatic rings. The van der Waals surface area contributed by atoms with E-state index in [0.717, 1.165) is 25.0 Å². The third kappa shape index (κ3) is 2.00. The van der Waals surface area contributed by atoms with E-state index >= 15 is 0 Å². The predicted molar refractivity (Wildman–Crippen MR) is 68.2 cm³/mol. The van der Waals surface area contributed by atoms with Crippen LogP contribution in [-0.2, 0) is 0 Å². The van der Waals surface area contributed by atoms with E-state index in [1.165, 1.54) is 11.3 Å². The van der Waals surface area contributed by atoms with Crippen LogP contribution in [0.25, 0.3) is 0 Å². The summed E-state index contributed by atoms with van der Waals surface area (Å²) in [5.74, 6) is 0. The number of hydrogen-bond acceptors (Lipinski definition) is 3. The zero-order valence-corrected chi connectivity index (χ0v) is 11.2. The first-order chi connectivity index (χ1) is 8.03. The Hall–Kier alpha value is -0.870. The van der Waals surface area contributed by atoms with Crippen LogP contribution in [0.3, 0.4) is 0 Å². The molecule has 1 saturated carbocycles. The number of likely N-dealkylation sites (N-methyl/N-ethyl adjacent to an activating group) is 1. The van der Waals surface area contributed by atoms with Crippen molar-refractivity contribution < 1.29 is 5.11 Å². The number of nitrogens with one attached hydrogen (secondary N) is 1. The van der Waals surface area contributed by atoms with Gasteiger partial charge in [0.1, 0.15) is 0 Å². The third-order valence-corrected chi connectivity index (χ3v) is 4.45. The molecule has 0 aromatic carbocycles. The fourth-order valence-corrected chi connectivity index (χ4v) is 2.86. The van der Waals surface area contributed by atoms with E-state index in [9.17, 15) is 5.11 Å². The zero-order valence-electron chi connectivity index (χ0n) is 11.2. The number of rotatable bonds is 3. The maximum absolute atomic E-state index is 9.52. The van der Waals surface area contributed by atoms with Crippen LogP contribution < -0.4 is 5.32 Å². The van der Waals surface area contributed by atoms with E-state index in [1.54, 1.807) is 0 Å². The lowest BCUT2D eigenvalue weighted by molar-refractivity contribution is 0.168. The first-order valence-electron chi connectivity index (χ1n) is 6.35. The first kappa shape index (κ1) is 12.6. The fraction of sp³-hybridized carbons (Fsp3) is 0.769. The molecule has 0 bridgehead atoms. The molecule has 0 amide bonds. The van der Waals surface area contributed by atoms with Gasteiger partial charge >= 0.3 is 0 Å². The van der Waals surface area contributed by atoms with Gasteiger partial charge < -0.3 is 10.4 Å². The molecule has 17 heavy (non-hydrogen) atoms. The molecule has 1 fully saturated rings. The minimum absolute atomic E-state index is 0.106. The lowest BCUT2D eigenvalue weighted by Crippen LogP contribution is -2.44. The Bertz CT molecular complexity index is 407. The zero-order chi connectivity index (χ0) is 12.6. The Labute approximate surface area is 103 Å². The van der Waals surface area contributed by atoms with Crippen LogP contribution in [0.2, 0.25) is 0 Å². The van der Waals surface area contributed by atoms with Crippen molar-refractivity contribution in [1.82, 2.24) is 15.1 Å². The molecular formula is C13H23N3O. The molecular weight excluding hydrogens is 214 g/mol. The van der Waals surface area contributed by atoms with Gasteiger partial charge in [-0.05, 0) is 52.6 Å². The van der Waals surface area contributed by atoms with Crippen molar-refractivity contribution in [3.63, 3.8) is 0 Å². The highest BCUT2D eigenvalue weighted by molar-refractivity contribution is 5.23. The topological polar surface area (TPSA) is 50.1 Å². The van der Waals surface area contributed by atoms with Crippen molar-refractivity contribution in [3.05, 3.63) is 17.0 Å². The van der Waals surface area contributed by atoms with Crippen LogP contribution in [0, 0.1) is 20.8 Å². The molecule has 1 heterocycles. The third-order valence-electron chi connectivity index (χ3n) is 4.45. The van der Waals surface area contributed by atoms with Gasteiger partial charge in [-0.2, -0.15) is 5.10 Å². The molecule has 96 valence electrons.